The molecule has 146 valence electrons. The highest BCUT2D eigenvalue weighted by Crippen LogP contribution is 2.32. The van der Waals surface area contributed by atoms with Crippen molar-refractivity contribution in [2.45, 2.75) is 26.1 Å². The number of halogens is 1. The van der Waals surface area contributed by atoms with Gasteiger partial charge in [0, 0.05) is 35.6 Å². The van der Waals surface area contributed by atoms with Gasteiger partial charge in [0.15, 0.2) is 17.5 Å². The number of aromatic nitrogens is 4. The molecule has 0 bridgehead atoms. The first-order valence-electron chi connectivity index (χ1n) is 8.91. The van der Waals surface area contributed by atoms with Crippen LogP contribution in [0.4, 0.5) is 0 Å². The predicted octanol–water partition coefficient (Wildman–Crippen LogP) is 2.49. The zero-order chi connectivity index (χ0) is 20.7. The summed E-state index contributed by atoms with van der Waals surface area (Å²) in [5, 5.41) is 24.4. The second-order valence-corrected chi connectivity index (χ2v) is 7.35. The third-order valence-corrected chi connectivity index (χ3v) is 4.97. The highest BCUT2D eigenvalue weighted by Gasteiger charge is 2.26. The Kier molecular flexibility index (Phi) is 4.70. The molecular weight excluding hydrogens is 392 g/mol. The highest BCUT2D eigenvalue weighted by atomic mass is 35.5. The molecule has 0 amide bonds. The molecule has 0 aromatic carbocycles. The van der Waals surface area contributed by atoms with Crippen LogP contribution in [0.15, 0.2) is 52.8 Å². The summed E-state index contributed by atoms with van der Waals surface area (Å²) in [6.45, 7) is 3.87. The number of aromatic amines is 1. The van der Waals surface area contributed by atoms with Crippen LogP contribution in [0.1, 0.15) is 25.0 Å². The zero-order valence-electron chi connectivity index (χ0n) is 15.7. The Balaban J connectivity index is 2.00. The van der Waals surface area contributed by atoms with Crippen molar-refractivity contribution < 1.29 is 5.11 Å². The molecule has 0 saturated carbocycles. The summed E-state index contributed by atoms with van der Waals surface area (Å²) < 4.78 is 1.48. The van der Waals surface area contributed by atoms with E-state index in [9.17, 15) is 9.90 Å². The summed E-state index contributed by atoms with van der Waals surface area (Å²) in [6.07, 6.45) is 6.99. The molecule has 4 heterocycles. The molecule has 1 atom stereocenters. The number of nitriles is 1. The molecule has 1 aliphatic heterocycles. The van der Waals surface area contributed by atoms with E-state index in [4.69, 9.17) is 16.9 Å². The molecule has 8 nitrogen and oxygen atoms in total. The van der Waals surface area contributed by atoms with Gasteiger partial charge in [-0.1, -0.05) is 11.6 Å². The van der Waals surface area contributed by atoms with Crippen LogP contribution < -0.4 is 5.43 Å². The van der Waals surface area contributed by atoms with E-state index in [1.165, 1.54) is 23.1 Å². The fraction of sp³-hybridized carbons (Fsp3) is 0.200. The number of allylic oxidation sites excluding steroid dienone is 2. The molecule has 2 N–H and O–H groups in total. The molecule has 3 aromatic heterocycles. The number of nitrogens with zero attached hydrogens (tertiary/aromatic N) is 5. The molecule has 3 aromatic rings. The monoisotopic (exact) mass is 408 g/mol. The molecule has 1 aliphatic rings. The lowest BCUT2D eigenvalue weighted by Gasteiger charge is -2.34. The first kappa shape index (κ1) is 18.9. The van der Waals surface area contributed by atoms with Crippen molar-refractivity contribution in [2.24, 2.45) is 0 Å². The Labute approximate surface area is 171 Å². The van der Waals surface area contributed by atoms with Crippen LogP contribution in [0.25, 0.3) is 22.4 Å². The van der Waals surface area contributed by atoms with Gasteiger partial charge in [-0.05, 0) is 26.0 Å². The van der Waals surface area contributed by atoms with Gasteiger partial charge in [-0.15, -0.1) is 0 Å². The lowest BCUT2D eigenvalue weighted by molar-refractivity contribution is 0.0537. The van der Waals surface area contributed by atoms with Crippen LogP contribution in [0.5, 0.6) is 0 Å². The fourth-order valence-corrected chi connectivity index (χ4v) is 3.41. The highest BCUT2D eigenvalue weighted by molar-refractivity contribution is 6.31. The average molecular weight is 409 g/mol. The maximum atomic E-state index is 12.4. The lowest BCUT2D eigenvalue weighted by Crippen LogP contribution is -2.38. The van der Waals surface area contributed by atoms with Gasteiger partial charge in [0.05, 0.1) is 28.4 Å². The normalized spacial score (nSPS) is 16.7. The molecule has 9 heteroatoms. The summed E-state index contributed by atoms with van der Waals surface area (Å²) >= 11 is 6.30. The van der Waals surface area contributed by atoms with Gasteiger partial charge in [-0.25, -0.2) is 9.67 Å². The Morgan fingerprint density at radius 3 is 2.90 bits per heavy atom. The smallest absolute Gasteiger partial charge is 0.191 e. The number of hydrogen-bond donors (Lipinski definition) is 2. The van der Waals surface area contributed by atoms with E-state index in [0.29, 0.717) is 33.6 Å². The molecule has 1 unspecified atom stereocenters. The van der Waals surface area contributed by atoms with Crippen LogP contribution in [0.3, 0.4) is 0 Å². The fourth-order valence-electron chi connectivity index (χ4n) is 3.18. The van der Waals surface area contributed by atoms with Crippen molar-refractivity contribution in [3.05, 3.63) is 69.4 Å². The van der Waals surface area contributed by atoms with E-state index in [-0.39, 0.29) is 16.5 Å². The molecule has 4 rings (SSSR count). The molecular formula is C20H17ClN6O2. The zero-order valence-corrected chi connectivity index (χ0v) is 16.4. The predicted molar refractivity (Wildman–Crippen MR) is 109 cm³/mol. The molecule has 0 saturated heterocycles. The Morgan fingerprint density at radius 2 is 2.21 bits per heavy atom. The second-order valence-electron chi connectivity index (χ2n) is 6.91. The van der Waals surface area contributed by atoms with E-state index in [1.54, 1.807) is 29.4 Å². The number of aliphatic hydroxyl groups is 1. The van der Waals surface area contributed by atoms with Crippen LogP contribution in [0.2, 0.25) is 0 Å². The minimum atomic E-state index is -0.949. The van der Waals surface area contributed by atoms with Crippen molar-refractivity contribution in [1.29, 1.82) is 5.26 Å². The van der Waals surface area contributed by atoms with E-state index in [0.717, 1.165) is 0 Å². The van der Waals surface area contributed by atoms with Gasteiger partial charge in [0.1, 0.15) is 11.7 Å². The van der Waals surface area contributed by atoms with Gasteiger partial charge in [-0.3, -0.25) is 4.79 Å². The van der Waals surface area contributed by atoms with Crippen LogP contribution >= 0.6 is 11.6 Å². The first-order valence-corrected chi connectivity index (χ1v) is 9.29. The maximum Gasteiger partial charge on any atom is 0.191 e. The van der Waals surface area contributed by atoms with E-state index < -0.39 is 6.23 Å². The second kappa shape index (κ2) is 7.20. The van der Waals surface area contributed by atoms with Crippen molar-refractivity contribution >= 4 is 28.2 Å². The largest absolute Gasteiger partial charge is 0.368 e. The molecule has 0 fully saturated rings. The number of H-pyrrole nitrogens is 1. The number of rotatable bonds is 3. The number of fused-ring (bicyclic) bond motifs is 1. The van der Waals surface area contributed by atoms with Crippen LogP contribution in [-0.2, 0) is 0 Å². The average Bonchev–Trinajstić information content (AvgIpc) is 3.18. The minimum Gasteiger partial charge on any atom is -0.368 e. The molecule has 0 aliphatic carbocycles. The molecule has 29 heavy (non-hydrogen) atoms. The first-order chi connectivity index (χ1) is 13.9. The summed E-state index contributed by atoms with van der Waals surface area (Å²) in [5.41, 5.74) is 1.86. The van der Waals surface area contributed by atoms with Gasteiger partial charge in [0.2, 0.25) is 0 Å². The van der Waals surface area contributed by atoms with Crippen LogP contribution in [0, 0.1) is 11.3 Å². The van der Waals surface area contributed by atoms with Crippen LogP contribution in [-0.4, -0.2) is 42.0 Å². The summed E-state index contributed by atoms with van der Waals surface area (Å²) in [4.78, 5) is 21.6. The van der Waals surface area contributed by atoms with Crippen molar-refractivity contribution in [1.82, 2.24) is 24.6 Å². The maximum absolute atomic E-state index is 12.4. The number of pyridine rings is 2. The van der Waals surface area contributed by atoms with Gasteiger partial charge >= 0.3 is 0 Å². The molecule has 0 spiro atoms. The Morgan fingerprint density at radius 1 is 1.41 bits per heavy atom. The number of hydrogen-bond acceptors (Lipinski definition) is 6. The summed E-state index contributed by atoms with van der Waals surface area (Å²) in [7, 11) is 0. The topological polar surface area (TPSA) is 111 Å². The lowest BCUT2D eigenvalue weighted by atomic mass is 10.0. The van der Waals surface area contributed by atoms with E-state index in [1.807, 2.05) is 19.9 Å². The van der Waals surface area contributed by atoms with Crippen molar-refractivity contribution in [3.63, 3.8) is 0 Å². The SMILES string of the molecule is CC(C)N1C=C(c2cc3c(=O)cc[nH]c3nc2-n2cc(C#N)cn2)C=C(Cl)C1O. The van der Waals surface area contributed by atoms with E-state index in [2.05, 4.69) is 15.1 Å². The van der Waals surface area contributed by atoms with Gasteiger partial charge < -0.3 is 15.0 Å². The van der Waals surface area contributed by atoms with Gasteiger partial charge in [-0.2, -0.15) is 10.4 Å². The number of aliphatic hydroxyl groups excluding tert-OH is 1. The Bertz CT molecular complexity index is 1260. The minimum absolute atomic E-state index is 0.0161. The van der Waals surface area contributed by atoms with Gasteiger partial charge in [0.25, 0.3) is 0 Å². The summed E-state index contributed by atoms with van der Waals surface area (Å²) in [6, 6.07) is 5.17. The third kappa shape index (κ3) is 3.31. The standard InChI is InChI=1S/C20H17ClN6O2/c1-11(2)26-10-13(5-16(21)20(26)29)14-6-15-17(28)3-4-23-18(15)25-19(14)27-9-12(7-22)8-24-27/h3-6,8-11,20,29H,1-2H3,(H,23,25,28). The van der Waals surface area contributed by atoms with E-state index >= 15 is 0 Å². The van der Waals surface area contributed by atoms with Crippen molar-refractivity contribution in [2.75, 3.05) is 0 Å². The van der Waals surface area contributed by atoms with Crippen molar-refractivity contribution in [3.8, 4) is 11.9 Å². The molecule has 0 radical (unpaired) electrons. The third-order valence-electron chi connectivity index (χ3n) is 4.67. The quantitative estimate of drug-likeness (QED) is 0.688. The Hall–Kier alpha value is -3.41. The number of nitrogens with one attached hydrogen (secondary N) is 1. The summed E-state index contributed by atoms with van der Waals surface area (Å²) in [5.74, 6) is 0.424.